The van der Waals surface area contributed by atoms with Gasteiger partial charge in [0.05, 0.1) is 16.3 Å². The summed E-state index contributed by atoms with van der Waals surface area (Å²) in [6.45, 7) is 6.51. The first kappa shape index (κ1) is 17.5. The molecule has 1 aliphatic rings. The van der Waals surface area contributed by atoms with Gasteiger partial charge in [0.2, 0.25) is 0 Å². The van der Waals surface area contributed by atoms with Crippen molar-refractivity contribution in [1.82, 2.24) is 9.88 Å². The molecule has 140 valence electrons. The molecule has 1 aliphatic heterocycles. The summed E-state index contributed by atoms with van der Waals surface area (Å²) in [4.78, 5) is 31.1. The number of amides is 1. The Hall–Kier alpha value is -2.94. The smallest absolute Gasteiger partial charge is 0.395 e. The molecule has 2 aromatic heterocycles. The molecular weight excluding hydrogens is 368 g/mol. The fourth-order valence-electron chi connectivity index (χ4n) is 3.30. The monoisotopic (exact) mass is 386 g/mol. The Morgan fingerprint density at radius 2 is 1.96 bits per heavy atom. The summed E-state index contributed by atoms with van der Waals surface area (Å²) in [5.41, 5.74) is 3.43. The Balaban J connectivity index is 1.46. The highest BCUT2D eigenvalue weighted by atomic mass is 32.1. The quantitative estimate of drug-likeness (QED) is 0.506. The number of benzene rings is 1. The van der Waals surface area contributed by atoms with Gasteiger partial charge in [0.15, 0.2) is 10.9 Å². The van der Waals surface area contributed by atoms with Gasteiger partial charge in [-0.2, -0.15) is 0 Å². The van der Waals surface area contributed by atoms with E-state index in [0.717, 1.165) is 10.6 Å². The van der Waals surface area contributed by atoms with Crippen molar-refractivity contribution in [3.8, 4) is 0 Å². The molecule has 0 spiro atoms. The molecule has 1 fully saturated rings. The van der Waals surface area contributed by atoms with Gasteiger partial charge in [0.1, 0.15) is 4.92 Å². The number of rotatable bonds is 3. The van der Waals surface area contributed by atoms with Crippen LogP contribution in [0.2, 0.25) is 0 Å². The number of hydrogen-bond donors (Lipinski definition) is 0. The molecule has 4 rings (SSSR count). The number of nitro groups is 1. The zero-order chi connectivity index (χ0) is 19.1. The van der Waals surface area contributed by atoms with Crippen molar-refractivity contribution in [1.29, 1.82) is 0 Å². The molecule has 1 amide bonds. The third kappa shape index (κ3) is 3.25. The highest BCUT2D eigenvalue weighted by molar-refractivity contribution is 7.22. The number of carbonyl (C=O) groups is 1. The molecule has 0 atom stereocenters. The molecule has 0 N–H and O–H groups in total. The first-order chi connectivity index (χ1) is 12.9. The van der Waals surface area contributed by atoms with E-state index in [9.17, 15) is 14.9 Å². The average Bonchev–Trinajstić information content (AvgIpc) is 3.28. The second-order valence-corrected chi connectivity index (χ2v) is 7.58. The number of hydrogen-bond acceptors (Lipinski definition) is 7. The second kappa shape index (κ2) is 6.66. The summed E-state index contributed by atoms with van der Waals surface area (Å²) in [5, 5.41) is 11.7. The van der Waals surface area contributed by atoms with Crippen molar-refractivity contribution < 1.29 is 14.1 Å². The Morgan fingerprint density at radius 3 is 2.63 bits per heavy atom. The Bertz CT molecular complexity index is 1030. The van der Waals surface area contributed by atoms with Gasteiger partial charge in [0, 0.05) is 26.2 Å². The molecule has 1 aromatic carbocycles. The number of aryl methyl sites for hydroxylation is 2. The van der Waals surface area contributed by atoms with E-state index >= 15 is 0 Å². The van der Waals surface area contributed by atoms with Crippen LogP contribution in [0.1, 0.15) is 21.7 Å². The molecule has 0 bridgehead atoms. The van der Waals surface area contributed by atoms with E-state index in [2.05, 4.69) is 30.9 Å². The van der Waals surface area contributed by atoms with Crippen LogP contribution in [0.25, 0.3) is 10.2 Å². The number of aromatic nitrogens is 1. The van der Waals surface area contributed by atoms with Crippen LogP contribution in [0.4, 0.5) is 11.0 Å². The van der Waals surface area contributed by atoms with Gasteiger partial charge in [-0.3, -0.25) is 14.9 Å². The Morgan fingerprint density at radius 1 is 1.22 bits per heavy atom. The minimum absolute atomic E-state index is 0.00115. The Labute approximate surface area is 159 Å². The lowest BCUT2D eigenvalue weighted by Crippen LogP contribution is -2.48. The van der Waals surface area contributed by atoms with E-state index in [1.54, 1.807) is 16.2 Å². The van der Waals surface area contributed by atoms with E-state index in [-0.39, 0.29) is 11.7 Å². The highest BCUT2D eigenvalue weighted by Gasteiger charge is 2.27. The molecule has 0 aliphatic carbocycles. The number of carbonyl (C=O) groups excluding carboxylic acids is 1. The van der Waals surface area contributed by atoms with Crippen LogP contribution in [0, 0.1) is 24.0 Å². The summed E-state index contributed by atoms with van der Waals surface area (Å²) in [5.74, 6) is -0.739. The van der Waals surface area contributed by atoms with Crippen molar-refractivity contribution >= 4 is 38.5 Å². The lowest BCUT2D eigenvalue weighted by Gasteiger charge is -2.34. The SMILES string of the molecule is Cc1cc(C)c2sc(N3CCN(C(=O)c4ccc([N+](=O)[O-])o4)CC3)nc2c1. The standard InChI is InChI=1S/C18H18N4O4S/c1-11-9-12(2)16-13(10-11)19-18(27-16)21-7-5-20(6-8-21)17(23)14-3-4-15(26-14)22(24)25/h3-4,9-10H,5-8H2,1-2H3. The van der Waals surface area contributed by atoms with Gasteiger partial charge in [0.25, 0.3) is 5.91 Å². The highest BCUT2D eigenvalue weighted by Crippen LogP contribution is 2.32. The normalized spacial score (nSPS) is 14.7. The van der Waals surface area contributed by atoms with Gasteiger partial charge in [-0.25, -0.2) is 4.98 Å². The van der Waals surface area contributed by atoms with E-state index in [1.807, 2.05) is 0 Å². The number of piperazine rings is 1. The average molecular weight is 386 g/mol. The summed E-state index contributed by atoms with van der Waals surface area (Å²) < 4.78 is 6.21. The minimum Gasteiger partial charge on any atom is -0.395 e. The summed E-state index contributed by atoms with van der Waals surface area (Å²) >= 11 is 1.67. The molecule has 9 heteroatoms. The molecule has 0 saturated carbocycles. The summed E-state index contributed by atoms with van der Waals surface area (Å²) in [6.07, 6.45) is 0. The molecule has 0 radical (unpaired) electrons. The number of nitrogens with zero attached hydrogens (tertiary/aromatic N) is 4. The molecule has 0 unspecified atom stereocenters. The van der Waals surface area contributed by atoms with Crippen molar-refractivity contribution in [2.75, 3.05) is 31.1 Å². The van der Waals surface area contributed by atoms with Crippen molar-refractivity contribution in [2.24, 2.45) is 0 Å². The zero-order valence-corrected chi connectivity index (χ0v) is 15.8. The maximum absolute atomic E-state index is 12.5. The predicted octanol–water partition coefficient (Wildman–Crippen LogP) is 3.38. The molecule has 27 heavy (non-hydrogen) atoms. The number of anilines is 1. The van der Waals surface area contributed by atoms with E-state index in [0.29, 0.717) is 26.2 Å². The number of furan rings is 1. The zero-order valence-electron chi connectivity index (χ0n) is 15.0. The maximum atomic E-state index is 12.5. The second-order valence-electron chi connectivity index (χ2n) is 6.60. The van der Waals surface area contributed by atoms with Gasteiger partial charge in [-0.15, -0.1) is 0 Å². The molecular formula is C18H18N4O4S. The van der Waals surface area contributed by atoms with Gasteiger partial charge < -0.3 is 14.2 Å². The third-order valence-electron chi connectivity index (χ3n) is 4.63. The van der Waals surface area contributed by atoms with Gasteiger partial charge in [-0.05, 0) is 37.1 Å². The molecule has 1 saturated heterocycles. The lowest BCUT2D eigenvalue weighted by molar-refractivity contribution is -0.402. The fourth-order valence-corrected chi connectivity index (χ4v) is 4.36. The van der Waals surface area contributed by atoms with Crippen LogP contribution < -0.4 is 4.90 Å². The van der Waals surface area contributed by atoms with Crippen molar-refractivity contribution in [3.05, 3.63) is 51.3 Å². The Kier molecular flexibility index (Phi) is 4.31. The fraction of sp³-hybridized carbons (Fsp3) is 0.333. The molecule has 3 aromatic rings. The van der Waals surface area contributed by atoms with Crippen LogP contribution in [0.3, 0.4) is 0 Å². The predicted molar refractivity (Wildman–Crippen MR) is 103 cm³/mol. The van der Waals surface area contributed by atoms with E-state index in [1.165, 1.54) is 28.0 Å². The minimum atomic E-state index is -0.647. The lowest BCUT2D eigenvalue weighted by atomic mass is 10.1. The van der Waals surface area contributed by atoms with E-state index in [4.69, 9.17) is 9.40 Å². The van der Waals surface area contributed by atoms with Crippen LogP contribution in [0.5, 0.6) is 0 Å². The first-order valence-electron chi connectivity index (χ1n) is 8.58. The van der Waals surface area contributed by atoms with Gasteiger partial charge >= 0.3 is 5.88 Å². The van der Waals surface area contributed by atoms with Crippen LogP contribution >= 0.6 is 11.3 Å². The van der Waals surface area contributed by atoms with Gasteiger partial charge in [-0.1, -0.05) is 17.4 Å². The van der Waals surface area contributed by atoms with Crippen molar-refractivity contribution in [3.63, 3.8) is 0 Å². The molecule has 8 nitrogen and oxygen atoms in total. The topological polar surface area (TPSA) is 92.7 Å². The first-order valence-corrected chi connectivity index (χ1v) is 9.40. The van der Waals surface area contributed by atoms with E-state index < -0.39 is 10.8 Å². The van der Waals surface area contributed by atoms with Crippen molar-refractivity contribution in [2.45, 2.75) is 13.8 Å². The summed E-state index contributed by atoms with van der Waals surface area (Å²) in [6, 6.07) is 6.80. The maximum Gasteiger partial charge on any atom is 0.433 e. The summed E-state index contributed by atoms with van der Waals surface area (Å²) in [7, 11) is 0. The third-order valence-corrected chi connectivity index (χ3v) is 5.90. The van der Waals surface area contributed by atoms with Crippen LogP contribution in [-0.4, -0.2) is 46.9 Å². The van der Waals surface area contributed by atoms with Crippen LogP contribution in [0.15, 0.2) is 28.7 Å². The molecule has 3 heterocycles. The number of thiazole rings is 1. The largest absolute Gasteiger partial charge is 0.433 e. The number of fused-ring (bicyclic) bond motifs is 1. The van der Waals surface area contributed by atoms with Crippen LogP contribution in [-0.2, 0) is 0 Å².